The van der Waals surface area contributed by atoms with Gasteiger partial charge < -0.3 is 0 Å². The maximum Gasteiger partial charge on any atom is 0.0521 e. The van der Waals surface area contributed by atoms with Gasteiger partial charge in [-0.25, -0.2) is 0 Å². The molecule has 0 fully saturated rings. The normalized spacial score (nSPS) is 12.0. The van der Waals surface area contributed by atoms with Gasteiger partial charge in [-0.15, -0.1) is 0 Å². The van der Waals surface area contributed by atoms with E-state index in [1.807, 2.05) is 17.9 Å². The van der Waals surface area contributed by atoms with Crippen molar-refractivity contribution in [1.82, 2.24) is 9.78 Å². The van der Waals surface area contributed by atoms with Crippen LogP contribution in [-0.4, -0.2) is 9.78 Å². The van der Waals surface area contributed by atoms with Gasteiger partial charge in [0.1, 0.15) is 0 Å². The summed E-state index contributed by atoms with van der Waals surface area (Å²) in [6.07, 6.45) is 7.99. The zero-order chi connectivity index (χ0) is 12.1. The molecule has 0 bridgehead atoms. The molecule has 0 N–H and O–H groups in total. The Labute approximate surface area is 100 Å². The van der Waals surface area contributed by atoms with Gasteiger partial charge >= 0.3 is 0 Å². The molecule has 0 aliphatic rings. The van der Waals surface area contributed by atoms with Crippen molar-refractivity contribution in [3.63, 3.8) is 0 Å². The monoisotopic (exact) mass is 222 g/mol. The van der Waals surface area contributed by atoms with Crippen molar-refractivity contribution in [3.8, 4) is 0 Å². The molecule has 1 heterocycles. The van der Waals surface area contributed by atoms with Crippen molar-refractivity contribution in [2.45, 2.75) is 47.0 Å². The minimum Gasteiger partial charge on any atom is -0.276 e. The van der Waals surface area contributed by atoms with Crippen molar-refractivity contribution in [1.29, 1.82) is 0 Å². The van der Waals surface area contributed by atoms with Crippen LogP contribution in [0.15, 0.2) is 12.4 Å². The van der Waals surface area contributed by atoms with Crippen LogP contribution in [-0.2, 0) is 13.5 Å². The molecule has 0 saturated carbocycles. The zero-order valence-electron chi connectivity index (χ0n) is 11.4. The molecule has 1 aromatic rings. The third-order valence-electron chi connectivity index (χ3n) is 2.89. The number of aryl methyl sites for hydroxylation is 1. The third kappa shape index (κ3) is 4.82. The fourth-order valence-corrected chi connectivity index (χ4v) is 2.51. The molecule has 0 aliphatic carbocycles. The van der Waals surface area contributed by atoms with Crippen LogP contribution in [0.1, 0.15) is 46.1 Å². The second-order valence-electron chi connectivity index (χ2n) is 5.85. The average molecular weight is 222 g/mol. The van der Waals surface area contributed by atoms with Gasteiger partial charge in [0.15, 0.2) is 0 Å². The smallest absolute Gasteiger partial charge is 0.0521 e. The van der Waals surface area contributed by atoms with Crippen LogP contribution < -0.4 is 0 Å². The number of hydrogen-bond acceptors (Lipinski definition) is 1. The highest BCUT2D eigenvalue weighted by molar-refractivity contribution is 5.04. The summed E-state index contributed by atoms with van der Waals surface area (Å²) < 4.78 is 1.90. The predicted octanol–water partition coefficient (Wildman–Crippen LogP) is 3.67. The summed E-state index contributed by atoms with van der Waals surface area (Å²) in [6, 6.07) is 0. The summed E-state index contributed by atoms with van der Waals surface area (Å²) in [7, 11) is 1.99. The van der Waals surface area contributed by atoms with Crippen molar-refractivity contribution < 1.29 is 0 Å². The summed E-state index contributed by atoms with van der Waals surface area (Å²) in [5.41, 5.74) is 1.38. The van der Waals surface area contributed by atoms with Gasteiger partial charge in [-0.3, -0.25) is 4.68 Å². The van der Waals surface area contributed by atoms with Crippen LogP contribution in [0.3, 0.4) is 0 Å². The zero-order valence-corrected chi connectivity index (χ0v) is 11.4. The molecule has 1 rings (SSSR count). The number of hydrogen-bond donors (Lipinski definition) is 0. The fraction of sp³-hybridized carbons (Fsp3) is 0.786. The van der Waals surface area contributed by atoms with Crippen LogP contribution in [0.5, 0.6) is 0 Å². The Morgan fingerprint density at radius 2 is 1.69 bits per heavy atom. The van der Waals surface area contributed by atoms with E-state index in [4.69, 9.17) is 0 Å². The van der Waals surface area contributed by atoms with E-state index in [0.717, 1.165) is 17.8 Å². The van der Waals surface area contributed by atoms with Gasteiger partial charge in [0.05, 0.1) is 6.20 Å². The first-order valence-corrected chi connectivity index (χ1v) is 6.45. The molecular weight excluding hydrogens is 196 g/mol. The van der Waals surface area contributed by atoms with E-state index in [0.29, 0.717) is 0 Å². The second-order valence-corrected chi connectivity index (χ2v) is 5.85. The standard InChI is InChI=1S/C14H26N2/c1-11(2)6-13(7-12(3)4)8-14-9-15-16(5)10-14/h9-13H,6-8H2,1-5H3. The third-order valence-corrected chi connectivity index (χ3v) is 2.89. The van der Waals surface area contributed by atoms with E-state index in [2.05, 4.69) is 39.0 Å². The lowest BCUT2D eigenvalue weighted by molar-refractivity contribution is 0.341. The molecule has 0 unspecified atom stereocenters. The van der Waals surface area contributed by atoms with Crippen LogP contribution in [0.2, 0.25) is 0 Å². The topological polar surface area (TPSA) is 17.8 Å². The molecule has 2 heteroatoms. The molecule has 0 spiro atoms. The van der Waals surface area contributed by atoms with Gasteiger partial charge in [0.25, 0.3) is 0 Å². The number of aromatic nitrogens is 2. The fourth-order valence-electron chi connectivity index (χ4n) is 2.51. The van der Waals surface area contributed by atoms with E-state index in [9.17, 15) is 0 Å². The molecule has 92 valence electrons. The van der Waals surface area contributed by atoms with Crippen molar-refractivity contribution in [3.05, 3.63) is 18.0 Å². The Hall–Kier alpha value is -0.790. The first-order valence-electron chi connectivity index (χ1n) is 6.45. The van der Waals surface area contributed by atoms with Crippen LogP contribution in [0.4, 0.5) is 0 Å². The molecule has 0 aromatic carbocycles. The molecule has 0 aliphatic heterocycles. The lowest BCUT2D eigenvalue weighted by atomic mass is 9.85. The molecule has 0 radical (unpaired) electrons. The van der Waals surface area contributed by atoms with Gasteiger partial charge in [-0.1, -0.05) is 27.7 Å². The first kappa shape index (κ1) is 13.3. The van der Waals surface area contributed by atoms with Crippen LogP contribution in [0, 0.1) is 17.8 Å². The van der Waals surface area contributed by atoms with Crippen molar-refractivity contribution in [2.75, 3.05) is 0 Å². The van der Waals surface area contributed by atoms with Crippen molar-refractivity contribution >= 4 is 0 Å². The maximum atomic E-state index is 4.24. The Kier molecular flexibility index (Phi) is 5.04. The molecule has 2 nitrogen and oxygen atoms in total. The lowest BCUT2D eigenvalue weighted by Gasteiger charge is -2.20. The van der Waals surface area contributed by atoms with E-state index < -0.39 is 0 Å². The second kappa shape index (κ2) is 6.07. The number of nitrogens with zero attached hydrogens (tertiary/aromatic N) is 2. The minimum atomic E-state index is 0.792. The van der Waals surface area contributed by atoms with Gasteiger partial charge in [-0.05, 0) is 42.6 Å². The van der Waals surface area contributed by atoms with E-state index in [1.165, 1.54) is 24.8 Å². The molecule has 16 heavy (non-hydrogen) atoms. The maximum absolute atomic E-state index is 4.24. The van der Waals surface area contributed by atoms with Crippen molar-refractivity contribution in [2.24, 2.45) is 24.8 Å². The number of rotatable bonds is 6. The largest absolute Gasteiger partial charge is 0.276 e. The Balaban J connectivity index is 2.55. The lowest BCUT2D eigenvalue weighted by Crippen LogP contribution is -2.10. The van der Waals surface area contributed by atoms with E-state index in [1.54, 1.807) is 0 Å². The highest BCUT2D eigenvalue weighted by Crippen LogP contribution is 2.23. The summed E-state index contributed by atoms with van der Waals surface area (Å²) in [4.78, 5) is 0. The van der Waals surface area contributed by atoms with E-state index >= 15 is 0 Å². The van der Waals surface area contributed by atoms with Gasteiger partial charge in [-0.2, -0.15) is 5.10 Å². The van der Waals surface area contributed by atoms with Crippen LogP contribution >= 0.6 is 0 Å². The molecule has 1 aromatic heterocycles. The first-order chi connectivity index (χ1) is 7.47. The molecule has 0 atom stereocenters. The summed E-state index contributed by atoms with van der Waals surface area (Å²) in [5.74, 6) is 2.39. The summed E-state index contributed by atoms with van der Waals surface area (Å²) in [6.45, 7) is 9.26. The Morgan fingerprint density at radius 1 is 1.12 bits per heavy atom. The average Bonchev–Trinajstić information content (AvgIpc) is 2.48. The Morgan fingerprint density at radius 3 is 2.06 bits per heavy atom. The quantitative estimate of drug-likeness (QED) is 0.718. The predicted molar refractivity (Wildman–Crippen MR) is 69.3 cm³/mol. The van der Waals surface area contributed by atoms with Crippen LogP contribution in [0.25, 0.3) is 0 Å². The molecule has 0 saturated heterocycles. The van der Waals surface area contributed by atoms with Gasteiger partial charge in [0, 0.05) is 13.2 Å². The molecule has 0 amide bonds. The highest BCUT2D eigenvalue weighted by atomic mass is 15.2. The SMILES string of the molecule is CC(C)CC(Cc1cnn(C)c1)CC(C)C. The molecular formula is C14H26N2. The summed E-state index contributed by atoms with van der Waals surface area (Å²) >= 11 is 0. The Bertz CT molecular complexity index is 289. The minimum absolute atomic E-state index is 0.792. The highest BCUT2D eigenvalue weighted by Gasteiger charge is 2.14. The van der Waals surface area contributed by atoms with E-state index in [-0.39, 0.29) is 0 Å². The van der Waals surface area contributed by atoms with Gasteiger partial charge in [0.2, 0.25) is 0 Å². The summed E-state index contributed by atoms with van der Waals surface area (Å²) in [5, 5.41) is 4.24.